The van der Waals surface area contributed by atoms with Crippen LogP contribution in [-0.4, -0.2) is 56.2 Å². The number of tetrazole rings is 1. The molecule has 29 heavy (non-hydrogen) atoms. The highest BCUT2D eigenvalue weighted by Gasteiger charge is 2.31. The van der Waals surface area contributed by atoms with Crippen LogP contribution >= 0.6 is 0 Å². The average molecular weight is 399 g/mol. The molecule has 1 aromatic carbocycles. The van der Waals surface area contributed by atoms with Crippen molar-refractivity contribution in [2.75, 3.05) is 31.1 Å². The fourth-order valence-electron chi connectivity index (χ4n) is 4.65. The molecule has 1 saturated carbocycles. The van der Waals surface area contributed by atoms with Crippen LogP contribution in [0.3, 0.4) is 0 Å². The Labute approximate surface area is 170 Å². The molecule has 1 aliphatic carbocycles. The zero-order chi connectivity index (χ0) is 20.2. The number of nitro benzene ring substituents is 1. The minimum Gasteiger partial charge on any atom is -0.369 e. The third-order valence-electron chi connectivity index (χ3n) is 6.23. The van der Waals surface area contributed by atoms with Crippen molar-refractivity contribution >= 4 is 11.4 Å². The van der Waals surface area contributed by atoms with Gasteiger partial charge in [0.05, 0.1) is 17.0 Å². The molecule has 1 aliphatic heterocycles. The first-order chi connectivity index (χ1) is 14.2. The van der Waals surface area contributed by atoms with Crippen molar-refractivity contribution in [2.24, 2.45) is 0 Å². The molecular formula is C20H29N7O2. The zero-order valence-electron chi connectivity index (χ0n) is 17.0. The third kappa shape index (κ3) is 4.24. The molecule has 2 aromatic rings. The highest BCUT2D eigenvalue weighted by atomic mass is 16.6. The van der Waals surface area contributed by atoms with Crippen molar-refractivity contribution in [3.63, 3.8) is 0 Å². The standard InChI is InChI=1S/C20H29N7O2/c1-2-5-19(20-21-22-23-26(20)17-6-3-4-7-17)25-14-12-24(13-15-25)16-8-10-18(11-9-16)27(28)29/h8-11,17,19H,2-7,12-15H2,1H3/t19-/m1/s1. The van der Waals surface area contributed by atoms with Gasteiger partial charge >= 0.3 is 0 Å². The van der Waals surface area contributed by atoms with Crippen molar-refractivity contribution in [1.82, 2.24) is 25.1 Å². The van der Waals surface area contributed by atoms with Crippen molar-refractivity contribution in [3.8, 4) is 0 Å². The summed E-state index contributed by atoms with van der Waals surface area (Å²) in [7, 11) is 0. The number of aromatic nitrogens is 4. The van der Waals surface area contributed by atoms with Crippen LogP contribution in [0.1, 0.15) is 63.4 Å². The van der Waals surface area contributed by atoms with Crippen LogP contribution < -0.4 is 4.90 Å². The van der Waals surface area contributed by atoms with Gasteiger partial charge < -0.3 is 4.90 Å². The van der Waals surface area contributed by atoms with E-state index in [2.05, 4.69) is 36.9 Å². The van der Waals surface area contributed by atoms with Crippen LogP contribution in [0.15, 0.2) is 24.3 Å². The van der Waals surface area contributed by atoms with Gasteiger partial charge in [-0.2, -0.15) is 0 Å². The molecule has 1 atom stereocenters. The summed E-state index contributed by atoms with van der Waals surface area (Å²) in [5.74, 6) is 1.02. The number of hydrogen-bond donors (Lipinski definition) is 0. The smallest absolute Gasteiger partial charge is 0.269 e. The van der Waals surface area contributed by atoms with Crippen LogP contribution in [0.4, 0.5) is 11.4 Å². The highest BCUT2D eigenvalue weighted by Crippen LogP contribution is 2.33. The maximum atomic E-state index is 10.9. The van der Waals surface area contributed by atoms with E-state index in [-0.39, 0.29) is 16.7 Å². The number of non-ortho nitro benzene ring substituents is 1. The van der Waals surface area contributed by atoms with Gasteiger partial charge in [0, 0.05) is 44.0 Å². The lowest BCUT2D eigenvalue weighted by molar-refractivity contribution is -0.384. The molecule has 0 radical (unpaired) electrons. The third-order valence-corrected chi connectivity index (χ3v) is 6.23. The number of hydrogen-bond acceptors (Lipinski definition) is 7. The highest BCUT2D eigenvalue weighted by molar-refractivity contribution is 5.51. The predicted molar refractivity (Wildman–Crippen MR) is 110 cm³/mol. The molecule has 2 fully saturated rings. The van der Waals surface area contributed by atoms with Crippen LogP contribution in [0.2, 0.25) is 0 Å². The van der Waals surface area contributed by atoms with E-state index in [0.717, 1.165) is 50.5 Å². The number of piperazine rings is 1. The Morgan fingerprint density at radius 2 is 1.83 bits per heavy atom. The second kappa shape index (κ2) is 8.86. The summed E-state index contributed by atoms with van der Waals surface area (Å²) in [4.78, 5) is 15.3. The summed E-state index contributed by atoms with van der Waals surface area (Å²) in [6.45, 7) is 5.86. The van der Waals surface area contributed by atoms with Crippen molar-refractivity contribution < 1.29 is 4.92 Å². The zero-order valence-corrected chi connectivity index (χ0v) is 17.0. The van der Waals surface area contributed by atoms with Gasteiger partial charge in [-0.05, 0) is 41.8 Å². The second-order valence-corrected chi connectivity index (χ2v) is 8.02. The summed E-state index contributed by atoms with van der Waals surface area (Å²) >= 11 is 0. The molecule has 0 bridgehead atoms. The van der Waals surface area contributed by atoms with Crippen molar-refractivity contribution in [2.45, 2.75) is 57.5 Å². The van der Waals surface area contributed by atoms with E-state index in [1.165, 1.54) is 25.7 Å². The number of benzene rings is 1. The SMILES string of the molecule is CCC[C@H](c1nnnn1C1CCCC1)N1CCN(c2ccc([N+](=O)[O-])cc2)CC1. The van der Waals surface area contributed by atoms with Crippen LogP contribution in [0, 0.1) is 10.1 Å². The molecule has 0 spiro atoms. The largest absolute Gasteiger partial charge is 0.369 e. The van der Waals surface area contributed by atoms with Gasteiger partial charge in [-0.25, -0.2) is 4.68 Å². The lowest BCUT2D eigenvalue weighted by atomic mass is 10.1. The molecule has 1 saturated heterocycles. The minimum atomic E-state index is -0.356. The summed E-state index contributed by atoms with van der Waals surface area (Å²) in [6, 6.07) is 7.54. The van der Waals surface area contributed by atoms with Gasteiger partial charge in [0.15, 0.2) is 5.82 Å². The maximum absolute atomic E-state index is 10.9. The molecule has 4 rings (SSSR count). The summed E-state index contributed by atoms with van der Waals surface area (Å²) in [6.07, 6.45) is 7.00. The summed E-state index contributed by atoms with van der Waals surface area (Å²) in [5.41, 5.74) is 1.17. The first kappa shape index (κ1) is 19.8. The molecule has 0 unspecified atom stereocenters. The van der Waals surface area contributed by atoms with E-state index in [1.54, 1.807) is 12.1 Å². The molecule has 2 aliphatic rings. The van der Waals surface area contributed by atoms with E-state index in [9.17, 15) is 10.1 Å². The fourth-order valence-corrected chi connectivity index (χ4v) is 4.65. The fraction of sp³-hybridized carbons (Fsp3) is 0.650. The molecule has 0 amide bonds. The monoisotopic (exact) mass is 399 g/mol. The van der Waals surface area contributed by atoms with E-state index in [0.29, 0.717) is 6.04 Å². The quantitative estimate of drug-likeness (QED) is 0.520. The predicted octanol–water partition coefficient (Wildman–Crippen LogP) is 3.36. The Morgan fingerprint density at radius 3 is 2.45 bits per heavy atom. The van der Waals surface area contributed by atoms with Gasteiger partial charge in [0.1, 0.15) is 0 Å². The Hall–Kier alpha value is -2.55. The second-order valence-electron chi connectivity index (χ2n) is 8.02. The lowest BCUT2D eigenvalue weighted by Crippen LogP contribution is -2.48. The van der Waals surface area contributed by atoms with Crippen LogP contribution in [-0.2, 0) is 0 Å². The van der Waals surface area contributed by atoms with Crippen LogP contribution in [0.25, 0.3) is 0 Å². The normalized spacial score (nSPS) is 19.6. The molecular weight excluding hydrogens is 370 g/mol. The Kier molecular flexibility index (Phi) is 6.03. The molecule has 9 nitrogen and oxygen atoms in total. The van der Waals surface area contributed by atoms with Gasteiger partial charge in [0.25, 0.3) is 5.69 Å². The average Bonchev–Trinajstić information content (AvgIpc) is 3.44. The molecule has 9 heteroatoms. The first-order valence-electron chi connectivity index (χ1n) is 10.7. The molecule has 1 aromatic heterocycles. The minimum absolute atomic E-state index is 0.133. The topological polar surface area (TPSA) is 93.2 Å². The first-order valence-corrected chi connectivity index (χ1v) is 10.7. The van der Waals surface area contributed by atoms with E-state index >= 15 is 0 Å². The number of nitro groups is 1. The van der Waals surface area contributed by atoms with Crippen molar-refractivity contribution in [3.05, 3.63) is 40.2 Å². The van der Waals surface area contributed by atoms with Gasteiger partial charge in [0.2, 0.25) is 0 Å². The van der Waals surface area contributed by atoms with Crippen molar-refractivity contribution in [1.29, 1.82) is 0 Å². The summed E-state index contributed by atoms with van der Waals surface area (Å²) < 4.78 is 2.09. The Bertz CT molecular complexity index is 808. The Balaban J connectivity index is 1.44. The maximum Gasteiger partial charge on any atom is 0.269 e. The number of rotatable bonds is 7. The van der Waals surface area contributed by atoms with Gasteiger partial charge in [-0.1, -0.05) is 26.2 Å². The van der Waals surface area contributed by atoms with Gasteiger partial charge in [-0.3, -0.25) is 15.0 Å². The molecule has 2 heterocycles. The summed E-state index contributed by atoms with van der Waals surface area (Å²) in [5, 5.41) is 23.7. The van der Waals surface area contributed by atoms with E-state index in [1.807, 2.05) is 12.1 Å². The number of nitrogens with zero attached hydrogens (tertiary/aromatic N) is 7. The van der Waals surface area contributed by atoms with E-state index < -0.39 is 0 Å². The van der Waals surface area contributed by atoms with Crippen LogP contribution in [0.5, 0.6) is 0 Å². The number of anilines is 1. The lowest BCUT2D eigenvalue weighted by Gasteiger charge is -2.40. The molecule has 0 N–H and O–H groups in total. The van der Waals surface area contributed by atoms with Gasteiger partial charge in [-0.15, -0.1) is 5.10 Å². The van der Waals surface area contributed by atoms with E-state index in [4.69, 9.17) is 0 Å². The Morgan fingerprint density at radius 1 is 1.14 bits per heavy atom. The molecule has 156 valence electrons.